The monoisotopic (exact) mass is 340 g/mol. The molecular weight excluding hydrogens is 321 g/mol. The van der Waals surface area contributed by atoms with Crippen molar-refractivity contribution in [3.63, 3.8) is 0 Å². The molecule has 1 saturated heterocycles. The van der Waals surface area contributed by atoms with Gasteiger partial charge in [-0.05, 0) is 25.1 Å². The first-order chi connectivity index (χ1) is 11.3. The molecule has 5 nitrogen and oxygen atoms in total. The number of anilines is 1. The summed E-state index contributed by atoms with van der Waals surface area (Å²) in [6.07, 6.45) is -4.53. The van der Waals surface area contributed by atoms with E-state index >= 15 is 0 Å². The topological polar surface area (TPSA) is 59.4 Å². The molecule has 1 N–H and O–H groups in total. The molecule has 1 aromatic carbocycles. The van der Waals surface area contributed by atoms with E-state index in [9.17, 15) is 18.0 Å². The summed E-state index contributed by atoms with van der Waals surface area (Å²) in [7, 11) is 0. The Hall–Kier alpha value is -2.27. The van der Waals surface area contributed by atoms with Gasteiger partial charge in [0.05, 0.1) is 23.7 Å². The fourth-order valence-corrected chi connectivity index (χ4v) is 2.69. The minimum absolute atomic E-state index is 0.0350. The number of nitriles is 1. The first-order valence-electron chi connectivity index (χ1n) is 7.70. The number of carbonyl (C=O) groups excluding carboxylic acids is 1. The van der Waals surface area contributed by atoms with Crippen molar-refractivity contribution in [3.05, 3.63) is 29.3 Å². The molecule has 8 heteroatoms. The summed E-state index contributed by atoms with van der Waals surface area (Å²) >= 11 is 0. The number of alkyl halides is 3. The molecule has 1 aromatic rings. The first kappa shape index (κ1) is 18.1. The molecule has 0 unspecified atom stereocenters. The van der Waals surface area contributed by atoms with Crippen molar-refractivity contribution in [1.29, 1.82) is 5.26 Å². The zero-order valence-electron chi connectivity index (χ0n) is 13.4. The molecule has 0 saturated carbocycles. The van der Waals surface area contributed by atoms with Crippen LogP contribution in [0.25, 0.3) is 0 Å². The number of amides is 1. The van der Waals surface area contributed by atoms with Gasteiger partial charge in [0.1, 0.15) is 0 Å². The Kier molecular flexibility index (Phi) is 5.67. The molecule has 0 bridgehead atoms. The molecule has 0 radical (unpaired) electrons. The van der Waals surface area contributed by atoms with Gasteiger partial charge < -0.3 is 10.2 Å². The van der Waals surface area contributed by atoms with Crippen LogP contribution in [0.2, 0.25) is 0 Å². The number of nitrogens with one attached hydrogen (secondary N) is 1. The van der Waals surface area contributed by atoms with Gasteiger partial charge in [0, 0.05) is 38.4 Å². The number of carbonyl (C=O) groups is 1. The predicted octanol–water partition coefficient (Wildman–Crippen LogP) is 1.84. The number of halogens is 3. The Balaban J connectivity index is 2.02. The minimum atomic E-state index is -4.53. The fraction of sp³-hybridized carbons (Fsp3) is 0.500. The summed E-state index contributed by atoms with van der Waals surface area (Å²) in [5.41, 5.74) is -0.689. The van der Waals surface area contributed by atoms with Gasteiger partial charge in [0.25, 0.3) is 0 Å². The van der Waals surface area contributed by atoms with Crippen molar-refractivity contribution in [2.24, 2.45) is 0 Å². The van der Waals surface area contributed by atoms with Crippen molar-refractivity contribution < 1.29 is 18.0 Å². The molecule has 1 aliphatic rings. The highest BCUT2D eigenvalue weighted by atomic mass is 19.4. The molecule has 1 aliphatic heterocycles. The number of rotatable bonds is 4. The van der Waals surface area contributed by atoms with E-state index in [0.717, 1.165) is 6.07 Å². The summed E-state index contributed by atoms with van der Waals surface area (Å²) < 4.78 is 38.5. The maximum atomic E-state index is 12.8. The van der Waals surface area contributed by atoms with E-state index in [1.165, 1.54) is 12.1 Å². The Bertz CT molecular complexity index is 631. The zero-order valence-corrected chi connectivity index (χ0v) is 13.4. The zero-order chi connectivity index (χ0) is 17.7. The third-order valence-corrected chi connectivity index (χ3v) is 3.91. The van der Waals surface area contributed by atoms with E-state index < -0.39 is 11.7 Å². The highest BCUT2D eigenvalue weighted by Crippen LogP contribution is 2.33. The van der Waals surface area contributed by atoms with Crippen LogP contribution in [-0.2, 0) is 11.0 Å². The molecule has 0 atom stereocenters. The average molecular weight is 340 g/mol. The van der Waals surface area contributed by atoms with Gasteiger partial charge in [0.15, 0.2) is 0 Å². The second-order valence-corrected chi connectivity index (χ2v) is 5.56. The second kappa shape index (κ2) is 7.53. The summed E-state index contributed by atoms with van der Waals surface area (Å²) in [5, 5.41) is 11.7. The molecular formula is C16H19F3N4O. The van der Waals surface area contributed by atoms with Crippen LogP contribution in [0.5, 0.6) is 0 Å². The van der Waals surface area contributed by atoms with Gasteiger partial charge in [-0.1, -0.05) is 0 Å². The quantitative estimate of drug-likeness (QED) is 0.909. The van der Waals surface area contributed by atoms with Crippen LogP contribution < -0.4 is 10.2 Å². The first-order valence-corrected chi connectivity index (χ1v) is 7.70. The van der Waals surface area contributed by atoms with Crippen LogP contribution in [0.4, 0.5) is 18.9 Å². The SMILES string of the molecule is CCNC(=O)CN1CCN(c2ccc(C(F)(F)F)c(C#N)c2)CC1. The molecule has 1 amide bonds. The third-order valence-electron chi connectivity index (χ3n) is 3.91. The molecule has 24 heavy (non-hydrogen) atoms. The highest BCUT2D eigenvalue weighted by Gasteiger charge is 2.34. The number of piperazine rings is 1. The lowest BCUT2D eigenvalue weighted by molar-refractivity contribution is -0.137. The van der Waals surface area contributed by atoms with Crippen LogP contribution in [0, 0.1) is 11.3 Å². The summed E-state index contributed by atoms with van der Waals surface area (Å²) in [4.78, 5) is 15.5. The molecule has 1 heterocycles. The van der Waals surface area contributed by atoms with E-state index in [-0.39, 0.29) is 11.5 Å². The van der Waals surface area contributed by atoms with Gasteiger partial charge in [-0.3, -0.25) is 9.69 Å². The van der Waals surface area contributed by atoms with Crippen LogP contribution >= 0.6 is 0 Å². The average Bonchev–Trinajstić information content (AvgIpc) is 2.54. The van der Waals surface area contributed by atoms with E-state index in [0.29, 0.717) is 45.0 Å². The number of hydrogen-bond donors (Lipinski definition) is 1. The largest absolute Gasteiger partial charge is 0.417 e. The molecule has 130 valence electrons. The fourth-order valence-electron chi connectivity index (χ4n) is 2.69. The smallest absolute Gasteiger partial charge is 0.369 e. The molecule has 0 aliphatic carbocycles. The van der Waals surface area contributed by atoms with E-state index in [4.69, 9.17) is 5.26 Å². The summed E-state index contributed by atoms with van der Waals surface area (Å²) in [6.45, 7) is 5.22. The summed E-state index contributed by atoms with van der Waals surface area (Å²) in [5.74, 6) is -0.0350. The number of benzene rings is 1. The van der Waals surface area contributed by atoms with Gasteiger partial charge >= 0.3 is 6.18 Å². The third kappa shape index (κ3) is 4.38. The normalized spacial score (nSPS) is 15.9. The van der Waals surface area contributed by atoms with Gasteiger partial charge in [-0.25, -0.2) is 0 Å². The Morgan fingerprint density at radius 2 is 1.96 bits per heavy atom. The van der Waals surface area contributed by atoms with E-state index in [1.807, 2.05) is 16.7 Å². The minimum Gasteiger partial charge on any atom is -0.369 e. The Labute approximate surface area is 138 Å². The lowest BCUT2D eigenvalue weighted by Crippen LogP contribution is -2.49. The Morgan fingerprint density at radius 3 is 2.50 bits per heavy atom. The van der Waals surface area contributed by atoms with Crippen molar-refractivity contribution in [1.82, 2.24) is 10.2 Å². The maximum Gasteiger partial charge on any atom is 0.417 e. The number of likely N-dealkylation sites (N-methyl/N-ethyl adjacent to an activating group) is 1. The van der Waals surface area contributed by atoms with Crippen LogP contribution in [-0.4, -0.2) is 50.1 Å². The summed E-state index contributed by atoms with van der Waals surface area (Å²) in [6, 6.07) is 5.25. The molecule has 0 aromatic heterocycles. The van der Waals surface area contributed by atoms with Crippen molar-refractivity contribution >= 4 is 11.6 Å². The molecule has 0 spiro atoms. The van der Waals surface area contributed by atoms with Gasteiger partial charge in [-0.15, -0.1) is 0 Å². The molecule has 1 fully saturated rings. The maximum absolute atomic E-state index is 12.8. The molecule has 2 rings (SSSR count). The highest BCUT2D eigenvalue weighted by molar-refractivity contribution is 5.78. The number of hydrogen-bond acceptors (Lipinski definition) is 4. The lowest BCUT2D eigenvalue weighted by atomic mass is 10.1. The van der Waals surface area contributed by atoms with Crippen molar-refractivity contribution in [3.8, 4) is 6.07 Å². The van der Waals surface area contributed by atoms with Crippen molar-refractivity contribution in [2.45, 2.75) is 13.1 Å². The van der Waals surface area contributed by atoms with Gasteiger partial charge in [-0.2, -0.15) is 18.4 Å². The predicted molar refractivity (Wildman–Crippen MR) is 83.5 cm³/mol. The van der Waals surface area contributed by atoms with Gasteiger partial charge in [0.2, 0.25) is 5.91 Å². The second-order valence-electron chi connectivity index (χ2n) is 5.56. The Morgan fingerprint density at radius 1 is 1.29 bits per heavy atom. The van der Waals surface area contributed by atoms with Crippen LogP contribution in [0.3, 0.4) is 0 Å². The standard InChI is InChI=1S/C16H19F3N4O/c1-2-21-15(24)11-22-5-7-23(8-6-22)13-3-4-14(16(17,18)19)12(9-13)10-20/h3-4,9H,2,5-8,11H2,1H3,(H,21,24). The van der Waals surface area contributed by atoms with Crippen molar-refractivity contribution in [2.75, 3.05) is 44.2 Å². The van der Waals surface area contributed by atoms with E-state index in [1.54, 1.807) is 6.07 Å². The number of nitrogens with zero attached hydrogens (tertiary/aromatic N) is 3. The lowest BCUT2D eigenvalue weighted by Gasteiger charge is -2.35. The van der Waals surface area contributed by atoms with E-state index in [2.05, 4.69) is 5.32 Å². The van der Waals surface area contributed by atoms with Crippen LogP contribution in [0.15, 0.2) is 18.2 Å². The van der Waals surface area contributed by atoms with Crippen LogP contribution in [0.1, 0.15) is 18.1 Å².